The maximum Gasteiger partial charge on any atom is 0.163 e. The molecule has 1 aromatic carbocycles. The van der Waals surface area contributed by atoms with Crippen LogP contribution in [0.15, 0.2) is 46.4 Å². The summed E-state index contributed by atoms with van der Waals surface area (Å²) in [6.45, 7) is 6.06. The van der Waals surface area contributed by atoms with Crippen molar-refractivity contribution in [2.24, 2.45) is 0 Å². The van der Waals surface area contributed by atoms with E-state index in [2.05, 4.69) is 36.3 Å². The van der Waals surface area contributed by atoms with Gasteiger partial charge in [0.15, 0.2) is 10.8 Å². The van der Waals surface area contributed by atoms with E-state index >= 15 is 0 Å². The highest BCUT2D eigenvalue weighted by Gasteiger charge is 2.09. The smallest absolute Gasteiger partial charge is 0.163 e. The molecule has 4 heteroatoms. The minimum absolute atomic E-state index is 0.832. The van der Waals surface area contributed by atoms with Crippen LogP contribution in [0.25, 0.3) is 27.1 Å². The number of fused-ring (bicyclic) bond motifs is 1. The van der Waals surface area contributed by atoms with Crippen molar-refractivity contribution < 1.29 is 4.42 Å². The highest BCUT2D eigenvalue weighted by atomic mass is 32.1. The highest BCUT2D eigenvalue weighted by Crippen LogP contribution is 2.31. The number of benzene rings is 1. The Morgan fingerprint density at radius 1 is 1.29 bits per heavy atom. The number of nitrogens with zero attached hydrogens (tertiary/aromatic N) is 1. The summed E-state index contributed by atoms with van der Waals surface area (Å²) < 4.78 is 7.08. The van der Waals surface area contributed by atoms with Gasteiger partial charge in [-0.3, -0.25) is 0 Å². The molecule has 0 aliphatic heterocycles. The number of furan rings is 1. The van der Waals surface area contributed by atoms with Gasteiger partial charge >= 0.3 is 0 Å². The Balaban J connectivity index is 1.84. The SMILES string of the molecule is CCNCC(C)=Cc1ccc(-c2nc3ccccc3s2)o1. The molecule has 21 heavy (non-hydrogen) atoms. The van der Waals surface area contributed by atoms with Gasteiger partial charge in [-0.05, 0) is 43.8 Å². The standard InChI is InChI=1S/C17H18N2OS/c1-3-18-11-12(2)10-13-8-9-15(20-13)17-19-14-6-4-5-7-16(14)21-17/h4-10,18H,3,11H2,1-2H3. The lowest BCUT2D eigenvalue weighted by atomic mass is 10.2. The largest absolute Gasteiger partial charge is 0.454 e. The Kier molecular flexibility index (Phi) is 4.18. The fourth-order valence-electron chi connectivity index (χ4n) is 2.14. The van der Waals surface area contributed by atoms with Crippen molar-refractivity contribution in [2.45, 2.75) is 13.8 Å². The van der Waals surface area contributed by atoms with Crippen molar-refractivity contribution in [3.05, 3.63) is 47.7 Å². The van der Waals surface area contributed by atoms with E-state index in [1.807, 2.05) is 30.3 Å². The van der Waals surface area contributed by atoms with Crippen LogP contribution in [0.4, 0.5) is 0 Å². The summed E-state index contributed by atoms with van der Waals surface area (Å²) in [5.74, 6) is 1.71. The quantitative estimate of drug-likeness (QED) is 0.750. The molecular formula is C17H18N2OS. The molecule has 0 fully saturated rings. The van der Waals surface area contributed by atoms with E-state index in [-0.39, 0.29) is 0 Å². The molecule has 0 radical (unpaired) electrons. The van der Waals surface area contributed by atoms with Crippen LogP contribution < -0.4 is 5.32 Å². The van der Waals surface area contributed by atoms with E-state index in [9.17, 15) is 0 Å². The normalized spacial score (nSPS) is 12.2. The van der Waals surface area contributed by atoms with Crippen LogP contribution in [-0.4, -0.2) is 18.1 Å². The molecule has 3 nitrogen and oxygen atoms in total. The first-order valence-electron chi connectivity index (χ1n) is 7.10. The molecule has 0 saturated heterocycles. The lowest BCUT2D eigenvalue weighted by Crippen LogP contribution is -2.14. The first kappa shape index (κ1) is 14.0. The van der Waals surface area contributed by atoms with Crippen LogP contribution in [0.2, 0.25) is 0 Å². The molecule has 0 unspecified atom stereocenters. The van der Waals surface area contributed by atoms with Crippen molar-refractivity contribution in [2.75, 3.05) is 13.1 Å². The summed E-state index contributed by atoms with van der Waals surface area (Å²) in [5, 5.41) is 4.23. The minimum Gasteiger partial charge on any atom is -0.454 e. The molecule has 0 aliphatic rings. The summed E-state index contributed by atoms with van der Waals surface area (Å²) in [6, 6.07) is 12.1. The number of nitrogens with one attached hydrogen (secondary N) is 1. The Bertz CT molecular complexity index is 737. The van der Waals surface area contributed by atoms with E-state index in [0.29, 0.717) is 0 Å². The van der Waals surface area contributed by atoms with Crippen molar-refractivity contribution in [1.82, 2.24) is 10.3 Å². The monoisotopic (exact) mass is 298 g/mol. The zero-order valence-corrected chi connectivity index (χ0v) is 13.0. The van der Waals surface area contributed by atoms with Crippen molar-refractivity contribution >= 4 is 27.6 Å². The van der Waals surface area contributed by atoms with Crippen molar-refractivity contribution in [1.29, 1.82) is 0 Å². The minimum atomic E-state index is 0.832. The van der Waals surface area contributed by atoms with Gasteiger partial charge in [0.05, 0.1) is 10.2 Å². The Morgan fingerprint density at radius 2 is 2.14 bits per heavy atom. The van der Waals surface area contributed by atoms with Gasteiger partial charge in [0.1, 0.15) is 5.76 Å². The zero-order valence-electron chi connectivity index (χ0n) is 12.2. The van der Waals surface area contributed by atoms with Crippen LogP contribution in [0.1, 0.15) is 19.6 Å². The number of thiazole rings is 1. The molecule has 0 aliphatic carbocycles. The lowest BCUT2D eigenvalue weighted by Gasteiger charge is -2.00. The fraction of sp³-hybridized carbons (Fsp3) is 0.235. The van der Waals surface area contributed by atoms with Gasteiger partial charge in [-0.15, -0.1) is 11.3 Å². The lowest BCUT2D eigenvalue weighted by molar-refractivity contribution is 0.570. The molecule has 0 spiro atoms. The van der Waals surface area contributed by atoms with Gasteiger partial charge in [0.25, 0.3) is 0 Å². The molecule has 2 aromatic heterocycles. The number of rotatable bonds is 5. The third kappa shape index (κ3) is 3.23. The topological polar surface area (TPSA) is 38.1 Å². The van der Waals surface area contributed by atoms with E-state index in [0.717, 1.165) is 35.1 Å². The number of hydrogen-bond acceptors (Lipinski definition) is 4. The zero-order chi connectivity index (χ0) is 14.7. The molecule has 0 amide bonds. The van der Waals surface area contributed by atoms with Gasteiger partial charge in [-0.2, -0.15) is 0 Å². The number of likely N-dealkylation sites (N-methyl/N-ethyl adjacent to an activating group) is 1. The second-order valence-electron chi connectivity index (χ2n) is 4.96. The molecular weight excluding hydrogens is 280 g/mol. The molecule has 2 heterocycles. The molecule has 3 aromatic rings. The maximum atomic E-state index is 5.89. The van der Waals surface area contributed by atoms with Crippen LogP contribution >= 0.6 is 11.3 Å². The van der Waals surface area contributed by atoms with Crippen LogP contribution in [-0.2, 0) is 0 Å². The van der Waals surface area contributed by atoms with Crippen molar-refractivity contribution in [3.63, 3.8) is 0 Å². The third-order valence-corrected chi connectivity index (χ3v) is 4.22. The molecule has 1 N–H and O–H groups in total. The van der Waals surface area contributed by atoms with Gasteiger partial charge < -0.3 is 9.73 Å². The van der Waals surface area contributed by atoms with E-state index < -0.39 is 0 Å². The van der Waals surface area contributed by atoms with Gasteiger partial charge in [0, 0.05) is 6.54 Å². The average molecular weight is 298 g/mol. The Morgan fingerprint density at radius 3 is 2.95 bits per heavy atom. The average Bonchev–Trinajstić information content (AvgIpc) is 3.10. The summed E-state index contributed by atoms with van der Waals surface area (Å²) in [7, 11) is 0. The summed E-state index contributed by atoms with van der Waals surface area (Å²) in [4.78, 5) is 4.62. The highest BCUT2D eigenvalue weighted by molar-refractivity contribution is 7.21. The van der Waals surface area contributed by atoms with Crippen LogP contribution in [0.5, 0.6) is 0 Å². The number of hydrogen-bond donors (Lipinski definition) is 1. The van der Waals surface area contributed by atoms with E-state index in [1.54, 1.807) is 11.3 Å². The summed E-state index contributed by atoms with van der Waals surface area (Å²) >= 11 is 1.66. The third-order valence-electron chi connectivity index (χ3n) is 3.17. The Hall–Kier alpha value is -1.91. The first-order chi connectivity index (χ1) is 10.3. The molecule has 0 bridgehead atoms. The Labute approximate surface area is 128 Å². The van der Waals surface area contributed by atoms with E-state index in [4.69, 9.17) is 4.42 Å². The molecule has 0 atom stereocenters. The number of aromatic nitrogens is 1. The van der Waals surface area contributed by atoms with Gasteiger partial charge in [-0.25, -0.2) is 4.98 Å². The maximum absolute atomic E-state index is 5.89. The van der Waals surface area contributed by atoms with Gasteiger partial charge in [0.2, 0.25) is 0 Å². The van der Waals surface area contributed by atoms with Crippen LogP contribution in [0.3, 0.4) is 0 Å². The predicted octanol–water partition coefficient (Wildman–Crippen LogP) is 4.57. The van der Waals surface area contributed by atoms with E-state index in [1.165, 1.54) is 10.3 Å². The summed E-state index contributed by atoms with van der Waals surface area (Å²) in [5.41, 5.74) is 2.27. The molecule has 108 valence electrons. The number of para-hydroxylation sites is 1. The van der Waals surface area contributed by atoms with Crippen molar-refractivity contribution in [3.8, 4) is 10.8 Å². The second kappa shape index (κ2) is 6.24. The first-order valence-corrected chi connectivity index (χ1v) is 7.91. The fourth-order valence-corrected chi connectivity index (χ4v) is 3.07. The second-order valence-corrected chi connectivity index (χ2v) is 5.99. The summed E-state index contributed by atoms with van der Waals surface area (Å²) in [6.07, 6.45) is 2.07. The van der Waals surface area contributed by atoms with Crippen LogP contribution in [0, 0.1) is 0 Å². The predicted molar refractivity (Wildman–Crippen MR) is 89.5 cm³/mol. The molecule has 3 rings (SSSR count). The molecule has 0 saturated carbocycles. The van der Waals surface area contributed by atoms with Gasteiger partial charge in [-0.1, -0.05) is 24.6 Å².